The summed E-state index contributed by atoms with van der Waals surface area (Å²) in [5.74, 6) is -1.26. The molecule has 0 heterocycles. The maximum absolute atomic E-state index is 15.7. The molecule has 11 heteroatoms. The number of carbonyl (C=O) groups is 2. The highest BCUT2D eigenvalue weighted by atomic mass is 32.2. The standard InChI is InChI=1S/C48H50F6N2O2S/c1-29(2)35-17-9-11-19-37(35)43-31(23-27-41(57)55-33-13-5-6-14-33)21-25-39(45(43)47(49,50)51)59-40-26-22-32(24-28-42(58)56-34-15-7-8-16-34)44(46(40)48(52,53)54)38-20-12-10-18-36(38)30(3)4/h9-12,17-30,33-34H,5-8,13-16H2,1-4H3,(H,55,57)(H,56,58)/b27-23+,28-24+. The zero-order valence-electron chi connectivity index (χ0n) is 33.7. The number of amides is 2. The Kier molecular flexibility index (Phi) is 13.8. The van der Waals surface area contributed by atoms with Gasteiger partial charge in [0.25, 0.3) is 0 Å². The SMILES string of the molecule is CC(C)c1ccccc1-c1c(/C=C/C(=O)NC2CCCC2)ccc(Sc2ccc(/C=C/C(=O)NC3CCCC3)c(-c3ccccc3C(C)C)c2C(F)(F)F)c1C(F)(F)F. The van der Waals surface area contributed by atoms with Gasteiger partial charge in [-0.25, -0.2) is 0 Å². The third kappa shape index (κ3) is 10.5. The quantitative estimate of drug-likeness (QED) is 0.110. The molecule has 0 aliphatic heterocycles. The molecule has 2 N–H and O–H groups in total. The second kappa shape index (κ2) is 18.7. The molecule has 4 aromatic carbocycles. The third-order valence-electron chi connectivity index (χ3n) is 11.1. The van der Waals surface area contributed by atoms with Crippen molar-refractivity contribution >= 4 is 35.7 Å². The minimum atomic E-state index is -5.02. The van der Waals surface area contributed by atoms with Crippen LogP contribution in [0, 0.1) is 0 Å². The lowest BCUT2D eigenvalue weighted by molar-refractivity contribution is -0.139. The van der Waals surface area contributed by atoms with E-state index in [0.717, 1.165) is 51.4 Å². The summed E-state index contributed by atoms with van der Waals surface area (Å²) in [5.41, 5.74) is -0.655. The van der Waals surface area contributed by atoms with Crippen molar-refractivity contribution in [2.24, 2.45) is 0 Å². The zero-order chi connectivity index (χ0) is 42.5. The maximum atomic E-state index is 15.7. The lowest BCUT2D eigenvalue weighted by atomic mass is 9.87. The van der Waals surface area contributed by atoms with Crippen LogP contribution in [0.15, 0.2) is 94.7 Å². The van der Waals surface area contributed by atoms with Gasteiger partial charge < -0.3 is 10.6 Å². The highest BCUT2D eigenvalue weighted by Crippen LogP contribution is 2.52. The number of rotatable bonds is 12. The summed E-state index contributed by atoms with van der Waals surface area (Å²) in [7, 11) is 0. The van der Waals surface area contributed by atoms with E-state index in [1.807, 2.05) is 27.7 Å². The fourth-order valence-corrected chi connectivity index (χ4v) is 9.48. The molecule has 0 saturated heterocycles. The van der Waals surface area contributed by atoms with Crippen molar-refractivity contribution in [2.75, 3.05) is 0 Å². The molecule has 312 valence electrons. The Morgan fingerprint density at radius 1 is 0.576 bits per heavy atom. The number of carbonyl (C=O) groups excluding carboxylic acids is 2. The first-order valence-corrected chi connectivity index (χ1v) is 21.2. The fourth-order valence-electron chi connectivity index (χ4n) is 8.33. The largest absolute Gasteiger partial charge is 0.418 e. The molecule has 2 aliphatic rings. The first kappa shape index (κ1) is 43.8. The van der Waals surface area contributed by atoms with E-state index in [0.29, 0.717) is 22.9 Å². The molecule has 0 aromatic heterocycles. The molecule has 0 bridgehead atoms. The molecule has 0 atom stereocenters. The molecule has 59 heavy (non-hydrogen) atoms. The minimum absolute atomic E-state index is 0.00557. The van der Waals surface area contributed by atoms with Gasteiger partial charge in [0, 0.05) is 45.2 Å². The summed E-state index contributed by atoms with van der Waals surface area (Å²) in [5, 5.41) is 5.85. The van der Waals surface area contributed by atoms with E-state index in [1.54, 1.807) is 48.5 Å². The van der Waals surface area contributed by atoms with Crippen LogP contribution in [0.2, 0.25) is 0 Å². The summed E-state index contributed by atoms with van der Waals surface area (Å²) >= 11 is 0.403. The second-order valence-electron chi connectivity index (χ2n) is 16.0. The number of hydrogen-bond donors (Lipinski definition) is 2. The highest BCUT2D eigenvalue weighted by Gasteiger charge is 2.42. The van der Waals surface area contributed by atoms with Crippen LogP contribution in [0.25, 0.3) is 34.4 Å². The maximum Gasteiger partial charge on any atom is 0.418 e. The summed E-state index contributed by atoms with van der Waals surface area (Å²) < 4.78 is 94.2. The van der Waals surface area contributed by atoms with E-state index in [2.05, 4.69) is 10.6 Å². The molecule has 2 fully saturated rings. The van der Waals surface area contributed by atoms with Crippen molar-refractivity contribution in [3.05, 3.63) is 118 Å². The number of halogens is 6. The second-order valence-corrected chi connectivity index (χ2v) is 17.1. The number of alkyl halides is 6. The van der Waals surface area contributed by atoms with Gasteiger partial charge in [-0.05, 0) is 95.2 Å². The Morgan fingerprint density at radius 3 is 1.27 bits per heavy atom. The van der Waals surface area contributed by atoms with Crippen LogP contribution in [0.3, 0.4) is 0 Å². The topological polar surface area (TPSA) is 58.2 Å². The first-order chi connectivity index (χ1) is 28.0. The molecule has 2 amide bonds. The molecule has 2 saturated carbocycles. The molecule has 2 aliphatic carbocycles. The molecule has 6 rings (SSSR count). The van der Waals surface area contributed by atoms with Gasteiger partial charge in [0.2, 0.25) is 11.8 Å². The van der Waals surface area contributed by atoms with E-state index >= 15 is 26.3 Å². The molecule has 4 nitrogen and oxygen atoms in total. The normalized spacial score (nSPS) is 15.7. The van der Waals surface area contributed by atoms with Crippen LogP contribution >= 0.6 is 11.8 Å². The van der Waals surface area contributed by atoms with E-state index in [-0.39, 0.29) is 57.3 Å². The van der Waals surface area contributed by atoms with E-state index in [4.69, 9.17) is 0 Å². The lowest BCUT2D eigenvalue weighted by Gasteiger charge is -2.25. The highest BCUT2D eigenvalue weighted by molar-refractivity contribution is 7.99. The summed E-state index contributed by atoms with van der Waals surface area (Å²) in [6.45, 7) is 7.43. The Hall–Kier alpha value is -4.77. The van der Waals surface area contributed by atoms with Gasteiger partial charge in [-0.15, -0.1) is 0 Å². The van der Waals surface area contributed by atoms with Gasteiger partial charge in [0.1, 0.15) is 0 Å². The van der Waals surface area contributed by atoms with Crippen LogP contribution in [0.4, 0.5) is 26.3 Å². The summed E-state index contributed by atoms with van der Waals surface area (Å²) in [4.78, 5) is 25.1. The fraction of sp³-hybridized carbons (Fsp3) is 0.375. The Balaban J connectivity index is 1.55. The third-order valence-corrected chi connectivity index (χ3v) is 12.2. The van der Waals surface area contributed by atoms with Crippen LogP contribution in [-0.2, 0) is 21.9 Å². The number of benzene rings is 4. The molecular weight excluding hydrogens is 783 g/mol. The molecule has 0 spiro atoms. The van der Waals surface area contributed by atoms with Crippen molar-refractivity contribution in [2.45, 2.75) is 125 Å². The number of nitrogens with one attached hydrogen (secondary N) is 2. The Bertz CT molecular complexity index is 2060. The van der Waals surface area contributed by atoms with Gasteiger partial charge in [0.05, 0.1) is 11.1 Å². The predicted molar refractivity (Wildman–Crippen MR) is 225 cm³/mol. The van der Waals surface area contributed by atoms with Crippen molar-refractivity contribution in [1.82, 2.24) is 10.6 Å². The van der Waals surface area contributed by atoms with Crippen molar-refractivity contribution in [3.63, 3.8) is 0 Å². The predicted octanol–water partition coefficient (Wildman–Crippen LogP) is 13.6. The lowest BCUT2D eigenvalue weighted by Crippen LogP contribution is -2.30. The number of hydrogen-bond acceptors (Lipinski definition) is 3. The van der Waals surface area contributed by atoms with E-state index < -0.39 is 45.1 Å². The monoisotopic (exact) mass is 832 g/mol. The first-order valence-electron chi connectivity index (χ1n) is 20.3. The smallest absolute Gasteiger partial charge is 0.350 e. The van der Waals surface area contributed by atoms with E-state index in [1.165, 1.54) is 48.6 Å². The van der Waals surface area contributed by atoms with Crippen molar-refractivity contribution < 1.29 is 35.9 Å². The van der Waals surface area contributed by atoms with Gasteiger partial charge in [-0.1, -0.05) is 126 Å². The average molecular weight is 833 g/mol. The zero-order valence-corrected chi connectivity index (χ0v) is 34.5. The van der Waals surface area contributed by atoms with Crippen LogP contribution in [-0.4, -0.2) is 23.9 Å². The van der Waals surface area contributed by atoms with Crippen LogP contribution < -0.4 is 10.6 Å². The Morgan fingerprint density at radius 2 is 0.932 bits per heavy atom. The van der Waals surface area contributed by atoms with Gasteiger partial charge in [-0.2, -0.15) is 26.3 Å². The molecule has 4 aromatic rings. The molecule has 0 unspecified atom stereocenters. The van der Waals surface area contributed by atoms with Gasteiger partial charge >= 0.3 is 12.4 Å². The van der Waals surface area contributed by atoms with Crippen molar-refractivity contribution in [3.8, 4) is 22.3 Å². The molecule has 0 radical (unpaired) electrons. The van der Waals surface area contributed by atoms with Gasteiger partial charge in [-0.3, -0.25) is 9.59 Å². The minimum Gasteiger partial charge on any atom is -0.350 e. The van der Waals surface area contributed by atoms with Crippen molar-refractivity contribution in [1.29, 1.82) is 0 Å². The Labute approximate surface area is 347 Å². The molecular formula is C48H50F6N2O2S. The van der Waals surface area contributed by atoms with Crippen LogP contribution in [0.1, 0.15) is 124 Å². The van der Waals surface area contributed by atoms with Crippen LogP contribution in [0.5, 0.6) is 0 Å². The van der Waals surface area contributed by atoms with E-state index in [9.17, 15) is 9.59 Å². The summed E-state index contributed by atoms with van der Waals surface area (Å²) in [6.07, 6.45) is 2.37. The van der Waals surface area contributed by atoms with Gasteiger partial charge in [0.15, 0.2) is 0 Å². The average Bonchev–Trinajstić information content (AvgIpc) is 3.90. The summed E-state index contributed by atoms with van der Waals surface area (Å²) in [6, 6.07) is 18.6.